The molecule has 2 aromatic rings. The second-order valence-electron chi connectivity index (χ2n) is 7.85. The van der Waals surface area contributed by atoms with Gasteiger partial charge in [0, 0.05) is 38.4 Å². The summed E-state index contributed by atoms with van der Waals surface area (Å²) in [4.78, 5) is 16.8. The van der Waals surface area contributed by atoms with Crippen molar-refractivity contribution in [1.82, 2.24) is 25.3 Å². The number of nitrogens with one attached hydrogen (secondary N) is 2. The summed E-state index contributed by atoms with van der Waals surface area (Å²) in [6.07, 6.45) is 5.61. The molecule has 27 heavy (non-hydrogen) atoms. The molecule has 0 spiro atoms. The van der Waals surface area contributed by atoms with E-state index < -0.39 is 0 Å². The zero-order chi connectivity index (χ0) is 18.6. The van der Waals surface area contributed by atoms with Gasteiger partial charge in [-0.25, -0.2) is 4.79 Å². The van der Waals surface area contributed by atoms with Gasteiger partial charge in [0.15, 0.2) is 0 Å². The monoisotopic (exact) mass is 367 g/mol. The van der Waals surface area contributed by atoms with E-state index in [1.807, 2.05) is 13.1 Å². The number of hydrogen-bond acceptors (Lipinski definition) is 3. The van der Waals surface area contributed by atoms with Crippen molar-refractivity contribution in [1.29, 1.82) is 0 Å². The molecule has 144 valence electrons. The van der Waals surface area contributed by atoms with Gasteiger partial charge in [0.05, 0.1) is 12.2 Å². The molecule has 0 unspecified atom stereocenters. The van der Waals surface area contributed by atoms with Crippen LogP contribution in [0.25, 0.3) is 0 Å². The van der Waals surface area contributed by atoms with Gasteiger partial charge in [-0.05, 0) is 43.2 Å². The zero-order valence-electron chi connectivity index (χ0n) is 16.1. The topological polar surface area (TPSA) is 64.3 Å². The molecule has 1 aliphatic heterocycles. The van der Waals surface area contributed by atoms with E-state index in [2.05, 4.69) is 44.7 Å². The molecule has 1 aromatic carbocycles. The first kappa shape index (κ1) is 18.0. The molecular formula is C21H29N5O. The van der Waals surface area contributed by atoms with E-state index in [1.165, 1.54) is 29.7 Å². The van der Waals surface area contributed by atoms with Gasteiger partial charge in [0.1, 0.15) is 0 Å². The number of amides is 2. The average molecular weight is 367 g/mol. The fraction of sp³-hybridized carbons (Fsp3) is 0.524. The Morgan fingerprint density at radius 2 is 2.11 bits per heavy atom. The quantitative estimate of drug-likeness (QED) is 0.854. The van der Waals surface area contributed by atoms with Crippen molar-refractivity contribution in [3.8, 4) is 0 Å². The summed E-state index contributed by atoms with van der Waals surface area (Å²) in [6.45, 7) is 3.45. The van der Waals surface area contributed by atoms with E-state index in [1.54, 1.807) is 4.90 Å². The minimum atomic E-state index is -0.00544. The molecule has 1 atom stereocenters. The molecule has 2 heterocycles. The summed E-state index contributed by atoms with van der Waals surface area (Å²) in [5.41, 5.74) is 4.94. The van der Waals surface area contributed by atoms with Crippen molar-refractivity contribution in [2.45, 2.75) is 51.2 Å². The Kier molecular flexibility index (Phi) is 5.43. The maximum atomic E-state index is 12.6. The number of rotatable bonds is 5. The molecule has 1 aliphatic carbocycles. The SMILES string of the molecule is CN(Cc1n[nH]c2c1CCCC2)C(=O)N[C@H]1CCN(Cc2ccccc2)C1. The van der Waals surface area contributed by atoms with Crippen molar-refractivity contribution in [3.05, 3.63) is 52.8 Å². The number of likely N-dealkylation sites (tertiary alicyclic amines) is 1. The number of carbonyl (C=O) groups excluding carboxylic acids is 1. The standard InChI is InChI=1S/C21H29N5O/c1-25(15-20-18-9-5-6-10-19(18)23-24-20)21(27)22-17-11-12-26(14-17)13-16-7-3-2-4-8-16/h2-4,7-8,17H,5-6,9-15H2,1H3,(H,22,27)(H,23,24)/t17-/m0/s1. The maximum absolute atomic E-state index is 12.6. The number of aromatic nitrogens is 2. The van der Waals surface area contributed by atoms with Crippen molar-refractivity contribution in [2.24, 2.45) is 0 Å². The highest BCUT2D eigenvalue weighted by atomic mass is 16.2. The highest BCUT2D eigenvalue weighted by Gasteiger charge is 2.26. The summed E-state index contributed by atoms with van der Waals surface area (Å²) >= 11 is 0. The molecule has 1 aromatic heterocycles. The van der Waals surface area contributed by atoms with Gasteiger partial charge in [-0.3, -0.25) is 10.00 Å². The number of benzene rings is 1. The second-order valence-corrected chi connectivity index (χ2v) is 7.85. The lowest BCUT2D eigenvalue weighted by Gasteiger charge is -2.22. The lowest BCUT2D eigenvalue weighted by molar-refractivity contribution is 0.201. The smallest absolute Gasteiger partial charge is 0.317 e. The van der Waals surface area contributed by atoms with E-state index in [4.69, 9.17) is 0 Å². The predicted octanol–water partition coefficient (Wildman–Crippen LogP) is 2.70. The molecule has 6 heteroatoms. The molecule has 0 bridgehead atoms. The van der Waals surface area contributed by atoms with E-state index >= 15 is 0 Å². The number of H-pyrrole nitrogens is 1. The lowest BCUT2D eigenvalue weighted by atomic mass is 9.96. The van der Waals surface area contributed by atoms with Crippen LogP contribution < -0.4 is 5.32 Å². The van der Waals surface area contributed by atoms with Gasteiger partial charge in [0.25, 0.3) is 0 Å². The summed E-state index contributed by atoms with van der Waals surface area (Å²) in [5, 5.41) is 10.8. The Morgan fingerprint density at radius 3 is 2.96 bits per heavy atom. The van der Waals surface area contributed by atoms with Crippen LogP contribution in [-0.2, 0) is 25.9 Å². The maximum Gasteiger partial charge on any atom is 0.317 e. The van der Waals surface area contributed by atoms with Crippen molar-refractivity contribution in [3.63, 3.8) is 0 Å². The third-order valence-corrected chi connectivity index (χ3v) is 5.72. The Balaban J connectivity index is 1.27. The normalized spacial score (nSPS) is 19.7. The van der Waals surface area contributed by atoms with Gasteiger partial charge in [-0.15, -0.1) is 0 Å². The number of aromatic amines is 1. The number of urea groups is 1. The van der Waals surface area contributed by atoms with Crippen molar-refractivity contribution < 1.29 is 4.79 Å². The molecule has 0 radical (unpaired) electrons. The van der Waals surface area contributed by atoms with Crippen LogP contribution in [0, 0.1) is 0 Å². The summed E-state index contributed by atoms with van der Waals surface area (Å²) in [6, 6.07) is 10.7. The van der Waals surface area contributed by atoms with Crippen LogP contribution in [0.2, 0.25) is 0 Å². The predicted molar refractivity (Wildman–Crippen MR) is 105 cm³/mol. The number of hydrogen-bond donors (Lipinski definition) is 2. The van der Waals surface area contributed by atoms with Gasteiger partial charge in [0.2, 0.25) is 0 Å². The molecule has 2 amide bonds. The van der Waals surface area contributed by atoms with Crippen molar-refractivity contribution in [2.75, 3.05) is 20.1 Å². The minimum absolute atomic E-state index is 0.00544. The highest BCUT2D eigenvalue weighted by Crippen LogP contribution is 2.23. The molecule has 1 saturated heterocycles. The van der Waals surface area contributed by atoms with Crippen LogP contribution in [0.5, 0.6) is 0 Å². The second kappa shape index (κ2) is 8.13. The van der Waals surface area contributed by atoms with E-state index in [0.717, 1.165) is 44.6 Å². The van der Waals surface area contributed by atoms with E-state index in [9.17, 15) is 4.79 Å². The Morgan fingerprint density at radius 1 is 1.30 bits per heavy atom. The van der Waals surface area contributed by atoms with Crippen LogP contribution in [0.15, 0.2) is 30.3 Å². The number of fused-ring (bicyclic) bond motifs is 1. The van der Waals surface area contributed by atoms with Gasteiger partial charge in [-0.2, -0.15) is 5.10 Å². The van der Waals surface area contributed by atoms with Gasteiger partial charge < -0.3 is 10.2 Å². The molecule has 1 fully saturated rings. The number of nitrogens with zero attached hydrogens (tertiary/aromatic N) is 3. The van der Waals surface area contributed by atoms with Crippen LogP contribution in [-0.4, -0.2) is 52.2 Å². The first-order chi connectivity index (χ1) is 13.2. The molecule has 0 saturated carbocycles. The Labute approximate surface area is 160 Å². The molecule has 2 aliphatic rings. The summed E-state index contributed by atoms with van der Waals surface area (Å²) in [7, 11) is 1.86. The van der Waals surface area contributed by atoms with Gasteiger partial charge in [-0.1, -0.05) is 30.3 Å². The fourth-order valence-corrected chi connectivity index (χ4v) is 4.20. The molecule has 2 N–H and O–H groups in total. The molecular weight excluding hydrogens is 338 g/mol. The van der Waals surface area contributed by atoms with Crippen LogP contribution in [0.1, 0.15) is 41.8 Å². The molecule has 4 rings (SSSR count). The average Bonchev–Trinajstić information content (AvgIpc) is 3.30. The van der Waals surface area contributed by atoms with Crippen LogP contribution in [0.4, 0.5) is 4.79 Å². The van der Waals surface area contributed by atoms with E-state index in [0.29, 0.717) is 6.54 Å². The van der Waals surface area contributed by atoms with E-state index in [-0.39, 0.29) is 12.1 Å². The molecule has 6 nitrogen and oxygen atoms in total. The number of carbonyl (C=O) groups is 1. The number of aryl methyl sites for hydroxylation is 1. The van der Waals surface area contributed by atoms with Crippen LogP contribution in [0.3, 0.4) is 0 Å². The minimum Gasteiger partial charge on any atom is -0.334 e. The van der Waals surface area contributed by atoms with Gasteiger partial charge >= 0.3 is 6.03 Å². The third-order valence-electron chi connectivity index (χ3n) is 5.72. The summed E-state index contributed by atoms with van der Waals surface area (Å²) in [5.74, 6) is 0. The Hall–Kier alpha value is -2.34. The van der Waals surface area contributed by atoms with Crippen molar-refractivity contribution >= 4 is 6.03 Å². The zero-order valence-corrected chi connectivity index (χ0v) is 16.1. The third kappa shape index (κ3) is 4.33. The highest BCUT2D eigenvalue weighted by molar-refractivity contribution is 5.74. The lowest BCUT2D eigenvalue weighted by Crippen LogP contribution is -2.44. The van der Waals surface area contributed by atoms with Crippen LogP contribution >= 0.6 is 0 Å². The first-order valence-electron chi connectivity index (χ1n) is 10.0. The summed E-state index contributed by atoms with van der Waals surface area (Å²) < 4.78 is 0. The fourth-order valence-electron chi connectivity index (χ4n) is 4.20. The largest absolute Gasteiger partial charge is 0.334 e. The Bertz CT molecular complexity index is 772. The first-order valence-corrected chi connectivity index (χ1v) is 10.0.